The Labute approximate surface area is 217 Å². The number of nitrogens with zero attached hydrogens (tertiary/aromatic N) is 4. The van der Waals surface area contributed by atoms with Crippen LogP contribution in [-0.4, -0.2) is 52.6 Å². The first-order valence-corrected chi connectivity index (χ1v) is 12.5. The summed E-state index contributed by atoms with van der Waals surface area (Å²) in [5, 5.41) is 20.9. The lowest BCUT2D eigenvalue weighted by Crippen LogP contribution is -2.25. The molecule has 37 heavy (non-hydrogen) atoms. The van der Waals surface area contributed by atoms with Gasteiger partial charge in [0.25, 0.3) is 0 Å². The monoisotopic (exact) mass is 523 g/mol. The van der Waals surface area contributed by atoms with Crippen LogP contribution in [-0.2, 0) is 24.4 Å². The number of aliphatic hydroxyl groups excluding tert-OH is 1. The molecule has 0 unspecified atom stereocenters. The molecule has 11 heteroatoms. The Kier molecular flexibility index (Phi) is 7.45. The summed E-state index contributed by atoms with van der Waals surface area (Å²) in [5.74, 6) is 0.385. The van der Waals surface area contributed by atoms with Crippen LogP contribution in [0.4, 0.5) is 14.9 Å². The van der Waals surface area contributed by atoms with Crippen LogP contribution >= 0.6 is 11.3 Å². The average molecular weight is 524 g/mol. The second-order valence-corrected chi connectivity index (χ2v) is 9.73. The molecule has 1 amide bonds. The number of thiophene rings is 1. The van der Waals surface area contributed by atoms with Crippen LogP contribution in [0.3, 0.4) is 0 Å². The second kappa shape index (κ2) is 11.1. The van der Waals surface area contributed by atoms with Crippen molar-refractivity contribution in [1.82, 2.24) is 20.3 Å². The molecule has 2 aromatic carbocycles. The van der Waals surface area contributed by atoms with Crippen molar-refractivity contribution in [2.45, 2.75) is 25.7 Å². The number of ether oxygens (including phenoxy) is 2. The van der Waals surface area contributed by atoms with E-state index in [0.29, 0.717) is 30.9 Å². The predicted molar refractivity (Wildman–Crippen MR) is 137 cm³/mol. The molecule has 1 fully saturated rings. The van der Waals surface area contributed by atoms with E-state index in [1.165, 1.54) is 22.3 Å². The predicted octanol–water partition coefficient (Wildman–Crippen LogP) is 3.81. The van der Waals surface area contributed by atoms with Crippen LogP contribution in [0, 0.1) is 5.82 Å². The molecule has 0 radical (unpaired) electrons. The molecule has 0 spiro atoms. The van der Waals surface area contributed by atoms with Crippen molar-refractivity contribution < 1.29 is 23.8 Å². The lowest BCUT2D eigenvalue weighted by molar-refractivity contribution is 0.0963. The highest BCUT2D eigenvalue weighted by atomic mass is 32.1. The fraction of sp³-hybridized carbons (Fsp3) is 0.269. The number of hydrogen-bond donors (Lipinski definition) is 2. The summed E-state index contributed by atoms with van der Waals surface area (Å²) in [6.45, 7) is 1.73. The normalized spacial score (nSPS) is 15.3. The van der Waals surface area contributed by atoms with Gasteiger partial charge in [-0.1, -0.05) is 17.3 Å². The summed E-state index contributed by atoms with van der Waals surface area (Å²) in [4.78, 5) is 15.2. The SMILES string of the molecule is COc1ccc(Cn2nncc2CNCc2ccc(-c3ccc(N4C[C@H](CO)OC4=O)cc3F)s2)cc1. The van der Waals surface area contributed by atoms with E-state index in [4.69, 9.17) is 9.47 Å². The first kappa shape index (κ1) is 24.9. The third-order valence-electron chi connectivity index (χ3n) is 6.06. The van der Waals surface area contributed by atoms with Gasteiger partial charge in [0.2, 0.25) is 0 Å². The fourth-order valence-corrected chi connectivity index (χ4v) is 5.09. The Hall–Kier alpha value is -3.80. The van der Waals surface area contributed by atoms with E-state index in [-0.39, 0.29) is 13.2 Å². The Balaban J connectivity index is 1.18. The number of amides is 1. The van der Waals surface area contributed by atoms with Crippen molar-refractivity contribution in [3.05, 3.63) is 82.7 Å². The molecule has 5 rings (SSSR count). The van der Waals surface area contributed by atoms with Crippen LogP contribution < -0.4 is 15.0 Å². The van der Waals surface area contributed by atoms with Crippen molar-refractivity contribution in [2.24, 2.45) is 0 Å². The minimum atomic E-state index is -0.598. The van der Waals surface area contributed by atoms with E-state index in [1.807, 2.05) is 41.1 Å². The average Bonchev–Trinajstić information content (AvgIpc) is 3.65. The molecular formula is C26H26FN5O4S. The van der Waals surface area contributed by atoms with Crippen LogP contribution in [0.1, 0.15) is 16.1 Å². The van der Waals surface area contributed by atoms with Gasteiger partial charge in [-0.05, 0) is 48.0 Å². The van der Waals surface area contributed by atoms with E-state index in [2.05, 4.69) is 15.6 Å². The number of carbonyl (C=O) groups excluding carboxylic acids is 1. The van der Waals surface area contributed by atoms with Crippen molar-refractivity contribution in [3.8, 4) is 16.2 Å². The van der Waals surface area contributed by atoms with E-state index >= 15 is 0 Å². The quantitative estimate of drug-likeness (QED) is 0.326. The number of aromatic nitrogens is 3. The third-order valence-corrected chi connectivity index (χ3v) is 7.18. The minimum absolute atomic E-state index is 0.192. The molecular weight excluding hydrogens is 497 g/mol. The molecule has 192 valence electrons. The molecule has 1 aliphatic rings. The highest BCUT2D eigenvalue weighted by Gasteiger charge is 2.32. The second-order valence-electron chi connectivity index (χ2n) is 8.56. The maximum absolute atomic E-state index is 14.9. The van der Waals surface area contributed by atoms with Gasteiger partial charge in [0.05, 0.1) is 44.4 Å². The van der Waals surface area contributed by atoms with Gasteiger partial charge in [0.15, 0.2) is 0 Å². The number of cyclic esters (lactones) is 1. The number of anilines is 1. The first-order chi connectivity index (χ1) is 18.0. The van der Waals surface area contributed by atoms with Gasteiger partial charge < -0.3 is 19.9 Å². The van der Waals surface area contributed by atoms with Crippen molar-refractivity contribution in [1.29, 1.82) is 0 Å². The summed E-state index contributed by atoms with van der Waals surface area (Å²) in [5.41, 5.74) is 2.92. The van der Waals surface area contributed by atoms with Gasteiger partial charge in [0, 0.05) is 28.4 Å². The Morgan fingerprint density at radius 3 is 2.76 bits per heavy atom. The zero-order valence-electron chi connectivity index (χ0n) is 20.1. The van der Waals surface area contributed by atoms with E-state index < -0.39 is 18.0 Å². The zero-order chi connectivity index (χ0) is 25.8. The zero-order valence-corrected chi connectivity index (χ0v) is 20.9. The van der Waals surface area contributed by atoms with Crippen molar-refractivity contribution in [2.75, 3.05) is 25.2 Å². The van der Waals surface area contributed by atoms with Gasteiger partial charge in [-0.25, -0.2) is 13.9 Å². The summed E-state index contributed by atoms with van der Waals surface area (Å²) in [7, 11) is 1.64. The number of carbonyl (C=O) groups is 1. The molecule has 1 aliphatic heterocycles. The van der Waals surface area contributed by atoms with Crippen LogP contribution in [0.15, 0.2) is 60.8 Å². The topological polar surface area (TPSA) is 102 Å². The van der Waals surface area contributed by atoms with Gasteiger partial charge >= 0.3 is 6.09 Å². The summed E-state index contributed by atoms with van der Waals surface area (Å²) in [6.07, 6.45) is 0.558. The van der Waals surface area contributed by atoms with Gasteiger partial charge in [-0.2, -0.15) is 0 Å². The van der Waals surface area contributed by atoms with Crippen LogP contribution in [0.2, 0.25) is 0 Å². The molecule has 0 saturated carbocycles. The Morgan fingerprint density at radius 2 is 2.03 bits per heavy atom. The van der Waals surface area contributed by atoms with Crippen molar-refractivity contribution in [3.63, 3.8) is 0 Å². The summed E-state index contributed by atoms with van der Waals surface area (Å²) < 4.78 is 27.0. The first-order valence-electron chi connectivity index (χ1n) is 11.7. The molecule has 1 saturated heterocycles. The maximum atomic E-state index is 14.9. The van der Waals surface area contributed by atoms with E-state index in [9.17, 15) is 14.3 Å². The smallest absolute Gasteiger partial charge is 0.414 e. The summed E-state index contributed by atoms with van der Waals surface area (Å²) >= 11 is 1.50. The third kappa shape index (κ3) is 5.63. The fourth-order valence-electron chi connectivity index (χ4n) is 4.08. The highest BCUT2D eigenvalue weighted by Crippen LogP contribution is 2.33. The lowest BCUT2D eigenvalue weighted by atomic mass is 10.1. The largest absolute Gasteiger partial charge is 0.497 e. The number of aliphatic hydroxyl groups is 1. The van der Waals surface area contributed by atoms with Gasteiger partial charge in [0.1, 0.15) is 17.7 Å². The maximum Gasteiger partial charge on any atom is 0.414 e. The molecule has 0 bridgehead atoms. The van der Waals surface area contributed by atoms with Gasteiger partial charge in [-0.3, -0.25) is 4.90 Å². The number of halogens is 1. The highest BCUT2D eigenvalue weighted by molar-refractivity contribution is 7.15. The minimum Gasteiger partial charge on any atom is -0.497 e. The van der Waals surface area contributed by atoms with E-state index in [0.717, 1.165) is 26.8 Å². The number of rotatable bonds is 10. The number of hydrogen-bond acceptors (Lipinski definition) is 8. The van der Waals surface area contributed by atoms with E-state index in [1.54, 1.807) is 25.4 Å². The molecule has 4 aromatic rings. The van der Waals surface area contributed by atoms with Crippen LogP contribution in [0.25, 0.3) is 10.4 Å². The molecule has 0 aliphatic carbocycles. The van der Waals surface area contributed by atoms with Gasteiger partial charge in [-0.15, -0.1) is 16.4 Å². The number of methoxy groups -OCH3 is 1. The molecule has 9 nitrogen and oxygen atoms in total. The Morgan fingerprint density at radius 1 is 1.19 bits per heavy atom. The van der Waals surface area contributed by atoms with Crippen LogP contribution in [0.5, 0.6) is 5.75 Å². The summed E-state index contributed by atoms with van der Waals surface area (Å²) in [6, 6.07) is 16.4. The molecule has 2 aromatic heterocycles. The standard InChI is InChI=1S/C26H26FN5O4S/c1-35-20-5-2-17(3-6-20)14-32-19(12-29-30-32)11-28-13-22-7-9-25(37-22)23-8-4-18(10-24(23)27)31-15-21(16-33)36-26(31)34/h2-10,12,21,28,33H,11,13-16H2,1H3/t21-/m1/s1. The number of benzene rings is 2. The van der Waals surface area contributed by atoms with Crippen molar-refractivity contribution >= 4 is 23.1 Å². The molecule has 3 heterocycles. The Bertz CT molecular complexity index is 1370. The lowest BCUT2D eigenvalue weighted by Gasteiger charge is -2.13. The molecule has 1 atom stereocenters. The molecule has 2 N–H and O–H groups in total. The number of nitrogens with one attached hydrogen (secondary N) is 1.